The molecular weight excluding hydrogens is 155 g/mol. The summed E-state index contributed by atoms with van der Waals surface area (Å²) in [6.07, 6.45) is 1.51. The molecule has 10 heavy (non-hydrogen) atoms. The second kappa shape index (κ2) is 11.6. The largest absolute Gasteiger partial charge is 0.326 e. The lowest BCUT2D eigenvalue weighted by Crippen LogP contribution is -1.72. The minimum atomic E-state index is -2.64. The van der Waals surface area contributed by atoms with Crippen LogP contribution >= 0.6 is 8.25 Å². The predicted octanol–water partition coefficient (Wildman–Crippen LogP) is 1.00. The van der Waals surface area contributed by atoms with Gasteiger partial charge in [0.1, 0.15) is 6.29 Å². The average Bonchev–Trinajstić information content (AvgIpc) is 1.89. The van der Waals surface area contributed by atoms with Crippen molar-refractivity contribution >= 4 is 14.5 Å². The molecule has 1 atom stereocenters. The van der Waals surface area contributed by atoms with E-state index in [1.54, 1.807) is 6.92 Å². The zero-order valence-electron chi connectivity index (χ0n) is 6.16. The monoisotopic (exact) mass is 168 g/mol. The van der Waals surface area contributed by atoms with E-state index in [1.165, 1.54) is 0 Å². The van der Waals surface area contributed by atoms with Crippen molar-refractivity contribution in [1.82, 2.24) is 0 Å². The molecule has 0 bridgehead atoms. The molecule has 0 aliphatic carbocycles. The molecule has 0 aromatic carbocycles. The van der Waals surface area contributed by atoms with Gasteiger partial charge in [0.15, 0.2) is 0 Å². The van der Waals surface area contributed by atoms with Gasteiger partial charge in [-0.25, -0.2) is 0 Å². The van der Waals surface area contributed by atoms with Gasteiger partial charge in [-0.3, -0.25) is 4.57 Å². The third kappa shape index (κ3) is 24.9. The summed E-state index contributed by atoms with van der Waals surface area (Å²) in [5, 5.41) is 0. The van der Waals surface area contributed by atoms with Gasteiger partial charge in [0, 0.05) is 6.42 Å². The fourth-order valence-electron chi connectivity index (χ4n) is 0.123. The number of rotatable bonds is 3. The quantitative estimate of drug-likeness (QED) is 0.504. The Labute approximate surface area is 61.2 Å². The molecule has 0 aliphatic heterocycles. The Bertz CT molecular complexity index is 93.6. The van der Waals surface area contributed by atoms with Crippen LogP contribution in [0.5, 0.6) is 0 Å². The Kier molecular flexibility index (Phi) is 14.5. The van der Waals surface area contributed by atoms with Crippen LogP contribution in [0.3, 0.4) is 0 Å². The predicted molar refractivity (Wildman–Crippen MR) is 39.2 cm³/mol. The molecular formula is C5H13O4P. The first-order chi connectivity index (χ1) is 4.68. The highest BCUT2D eigenvalue weighted by Gasteiger charge is 1.81. The molecule has 0 aromatic rings. The normalized spacial score (nSPS) is 11.1. The first-order valence-corrected chi connectivity index (χ1v) is 4.24. The van der Waals surface area contributed by atoms with E-state index in [4.69, 9.17) is 4.89 Å². The first kappa shape index (κ1) is 12.5. The third-order valence-corrected chi connectivity index (χ3v) is 0.970. The minimum Gasteiger partial charge on any atom is -0.326 e. The van der Waals surface area contributed by atoms with Gasteiger partial charge < -0.3 is 14.2 Å². The summed E-state index contributed by atoms with van der Waals surface area (Å²) < 4.78 is 13.7. The van der Waals surface area contributed by atoms with E-state index in [0.717, 1.165) is 6.29 Å². The molecule has 0 amide bonds. The molecule has 0 saturated carbocycles. The van der Waals surface area contributed by atoms with Crippen LogP contribution in [-0.4, -0.2) is 17.8 Å². The molecule has 0 aliphatic rings. The second-order valence-electron chi connectivity index (χ2n) is 1.27. The minimum absolute atomic E-state index is 0.314. The van der Waals surface area contributed by atoms with Gasteiger partial charge in [0.25, 0.3) is 0 Å². The zero-order chi connectivity index (χ0) is 8.41. The summed E-state index contributed by atoms with van der Waals surface area (Å²) in [7, 11) is -2.64. The van der Waals surface area contributed by atoms with Crippen LogP contribution in [0.2, 0.25) is 0 Å². The molecule has 4 nitrogen and oxygen atoms in total. The van der Waals surface area contributed by atoms with Gasteiger partial charge >= 0.3 is 8.25 Å². The van der Waals surface area contributed by atoms with E-state index in [0.29, 0.717) is 13.0 Å². The lowest BCUT2D eigenvalue weighted by molar-refractivity contribution is -0.107. The Morgan fingerprint density at radius 2 is 2.00 bits per heavy atom. The molecule has 0 spiro atoms. The average molecular weight is 168 g/mol. The van der Waals surface area contributed by atoms with E-state index in [9.17, 15) is 9.36 Å². The van der Waals surface area contributed by atoms with E-state index in [-0.39, 0.29) is 0 Å². The fourth-order valence-corrected chi connectivity index (χ4v) is 0.370. The number of hydrogen-bond donors (Lipinski definition) is 1. The van der Waals surface area contributed by atoms with E-state index >= 15 is 0 Å². The summed E-state index contributed by atoms with van der Waals surface area (Å²) in [6, 6.07) is 0. The Hall–Kier alpha value is -0.180. The summed E-state index contributed by atoms with van der Waals surface area (Å²) in [6.45, 7) is 3.79. The summed E-state index contributed by atoms with van der Waals surface area (Å²) in [4.78, 5) is 17.1. The van der Waals surface area contributed by atoms with Crippen molar-refractivity contribution in [2.75, 3.05) is 6.61 Å². The molecule has 0 rings (SSSR count). The summed E-state index contributed by atoms with van der Waals surface area (Å²) >= 11 is 0. The van der Waals surface area contributed by atoms with Crippen molar-refractivity contribution in [3.63, 3.8) is 0 Å². The standard InChI is InChI=1S/C3H6O.C2H7O3P/c1-2-3-4;1-2-5-6(3)4/h3H,2H2,1H3;6H,2H2,1H3,(H,3,4). The highest BCUT2D eigenvalue weighted by atomic mass is 31.1. The smallest absolute Gasteiger partial charge is 0.316 e. The van der Waals surface area contributed by atoms with Gasteiger partial charge in [-0.05, 0) is 6.92 Å². The zero-order valence-corrected chi connectivity index (χ0v) is 7.16. The van der Waals surface area contributed by atoms with Gasteiger partial charge in [0.05, 0.1) is 6.61 Å². The van der Waals surface area contributed by atoms with Gasteiger partial charge in [-0.2, -0.15) is 0 Å². The van der Waals surface area contributed by atoms with Crippen LogP contribution in [0, 0.1) is 0 Å². The van der Waals surface area contributed by atoms with Gasteiger partial charge in [-0.15, -0.1) is 0 Å². The Morgan fingerprint density at radius 3 is 2.00 bits per heavy atom. The van der Waals surface area contributed by atoms with Crippen molar-refractivity contribution in [3.8, 4) is 0 Å². The summed E-state index contributed by atoms with van der Waals surface area (Å²) in [5.74, 6) is 0. The van der Waals surface area contributed by atoms with Gasteiger partial charge in [-0.1, -0.05) is 6.92 Å². The van der Waals surface area contributed by atoms with Crippen molar-refractivity contribution in [2.24, 2.45) is 0 Å². The van der Waals surface area contributed by atoms with E-state index in [2.05, 4.69) is 4.52 Å². The molecule has 1 unspecified atom stereocenters. The second-order valence-corrected chi connectivity index (χ2v) is 2.09. The highest BCUT2D eigenvalue weighted by Crippen LogP contribution is 2.12. The van der Waals surface area contributed by atoms with Crippen molar-refractivity contribution in [3.05, 3.63) is 0 Å². The molecule has 0 saturated heterocycles. The maximum Gasteiger partial charge on any atom is 0.316 e. The topological polar surface area (TPSA) is 63.6 Å². The van der Waals surface area contributed by atoms with Crippen LogP contribution in [0.1, 0.15) is 20.3 Å². The number of hydrogen-bond acceptors (Lipinski definition) is 3. The SMILES string of the molecule is CCC=O.CCO[PH](=O)O. The maximum absolute atomic E-state index is 9.56. The number of carbonyl (C=O) groups is 1. The van der Waals surface area contributed by atoms with Crippen LogP contribution < -0.4 is 0 Å². The molecule has 5 heteroatoms. The maximum atomic E-state index is 9.56. The van der Waals surface area contributed by atoms with Crippen molar-refractivity contribution in [1.29, 1.82) is 0 Å². The van der Waals surface area contributed by atoms with Crippen LogP contribution in [-0.2, 0) is 13.9 Å². The fraction of sp³-hybridized carbons (Fsp3) is 0.800. The van der Waals surface area contributed by atoms with Crippen LogP contribution in [0.4, 0.5) is 0 Å². The molecule has 62 valence electrons. The van der Waals surface area contributed by atoms with Crippen LogP contribution in [0.25, 0.3) is 0 Å². The molecule has 1 N–H and O–H groups in total. The molecule has 0 aromatic heterocycles. The van der Waals surface area contributed by atoms with Crippen molar-refractivity contribution < 1.29 is 18.8 Å². The molecule has 0 fully saturated rings. The van der Waals surface area contributed by atoms with Crippen molar-refractivity contribution in [2.45, 2.75) is 20.3 Å². The lowest BCUT2D eigenvalue weighted by Gasteiger charge is -1.86. The Morgan fingerprint density at radius 1 is 1.60 bits per heavy atom. The van der Waals surface area contributed by atoms with E-state index in [1.807, 2.05) is 6.92 Å². The summed E-state index contributed by atoms with van der Waals surface area (Å²) in [5.41, 5.74) is 0. The van der Waals surface area contributed by atoms with Gasteiger partial charge in [0.2, 0.25) is 0 Å². The first-order valence-electron chi connectivity index (χ1n) is 2.98. The highest BCUT2D eigenvalue weighted by molar-refractivity contribution is 7.32. The van der Waals surface area contributed by atoms with Crippen LogP contribution in [0.15, 0.2) is 0 Å². The molecule has 0 radical (unpaired) electrons. The number of aldehydes is 1. The van der Waals surface area contributed by atoms with E-state index < -0.39 is 8.25 Å². The Balaban J connectivity index is 0. The lowest BCUT2D eigenvalue weighted by atomic mass is 10.6. The third-order valence-electron chi connectivity index (χ3n) is 0.434. The number of carbonyl (C=O) groups excluding carboxylic acids is 1. The molecule has 0 heterocycles.